The summed E-state index contributed by atoms with van der Waals surface area (Å²) in [6, 6.07) is 13.1. The largest absolute Gasteiger partial charge is 0.269 e. The number of thioether (sulfide) groups is 2. The Bertz CT molecular complexity index is 1310. The van der Waals surface area contributed by atoms with Gasteiger partial charge in [-0.3, -0.25) is 9.59 Å². The van der Waals surface area contributed by atoms with E-state index in [1.807, 2.05) is 42.5 Å². The summed E-state index contributed by atoms with van der Waals surface area (Å²) in [7, 11) is 0. The van der Waals surface area contributed by atoms with Gasteiger partial charge in [0.2, 0.25) is 0 Å². The van der Waals surface area contributed by atoms with Gasteiger partial charge in [-0.2, -0.15) is 0 Å². The van der Waals surface area contributed by atoms with E-state index in [1.54, 1.807) is 58.3 Å². The van der Waals surface area contributed by atoms with Crippen molar-refractivity contribution in [1.82, 2.24) is 0 Å². The molecule has 0 N–H and O–H groups in total. The molecule has 3 nitrogen and oxygen atoms in total. The minimum Gasteiger partial charge on any atom is -0.269 e. The predicted molar refractivity (Wildman–Crippen MR) is 157 cm³/mol. The lowest BCUT2D eigenvalue weighted by molar-refractivity contribution is -0.122. The molecule has 0 radical (unpaired) electrons. The number of amides is 2. The summed E-state index contributed by atoms with van der Waals surface area (Å²) >= 11 is 26.2. The van der Waals surface area contributed by atoms with Crippen LogP contribution in [0.3, 0.4) is 0 Å². The molecule has 6 rings (SSSR count). The molecule has 11 heteroatoms. The van der Waals surface area contributed by atoms with Gasteiger partial charge in [-0.15, -0.1) is 46.2 Å². The Labute approximate surface area is 245 Å². The Morgan fingerprint density at radius 3 is 1.60 bits per heavy atom. The molecule has 178 valence electrons. The molecule has 3 aliphatic rings. The van der Waals surface area contributed by atoms with Crippen molar-refractivity contribution in [3.8, 4) is 0 Å². The van der Waals surface area contributed by atoms with Crippen LogP contribution in [0.15, 0.2) is 73.3 Å². The fourth-order valence-electron chi connectivity index (χ4n) is 4.38. The van der Waals surface area contributed by atoms with Gasteiger partial charge in [-0.05, 0) is 56.1 Å². The zero-order valence-electron chi connectivity index (χ0n) is 17.4. The van der Waals surface area contributed by atoms with Crippen molar-refractivity contribution in [3.05, 3.63) is 93.1 Å². The summed E-state index contributed by atoms with van der Waals surface area (Å²) < 4.78 is 1.76. The minimum absolute atomic E-state index is 0.00944. The number of nitrogens with zero attached hydrogens (tertiary/aromatic N) is 1. The van der Waals surface area contributed by atoms with E-state index in [0.717, 1.165) is 17.3 Å². The zero-order valence-corrected chi connectivity index (χ0v) is 25.4. The first-order chi connectivity index (χ1) is 16.8. The second-order valence-corrected chi connectivity index (χ2v) is 16.2. The van der Waals surface area contributed by atoms with Gasteiger partial charge in [0.25, 0.3) is 11.8 Å². The van der Waals surface area contributed by atoms with Gasteiger partial charge < -0.3 is 0 Å². The fourth-order valence-corrected chi connectivity index (χ4v) is 11.5. The molecular formula is C24H13Br2Cl2NO2S4. The summed E-state index contributed by atoms with van der Waals surface area (Å²) in [6.45, 7) is 0. The Morgan fingerprint density at radius 2 is 1.20 bits per heavy atom. The van der Waals surface area contributed by atoms with Crippen molar-refractivity contribution in [2.75, 3.05) is 4.90 Å². The van der Waals surface area contributed by atoms with Crippen LogP contribution in [0.2, 0.25) is 10.0 Å². The highest BCUT2D eigenvalue weighted by Crippen LogP contribution is 2.58. The van der Waals surface area contributed by atoms with E-state index in [9.17, 15) is 9.59 Å². The lowest BCUT2D eigenvalue weighted by Gasteiger charge is -2.20. The number of hydrogen-bond acceptors (Lipinski definition) is 6. The average molecular weight is 706 g/mol. The molecule has 4 atom stereocenters. The van der Waals surface area contributed by atoms with E-state index in [-0.39, 0.29) is 32.8 Å². The number of hydrogen-bond donors (Lipinski definition) is 0. The minimum atomic E-state index is -0.253. The summed E-state index contributed by atoms with van der Waals surface area (Å²) in [5, 5.41) is 1.02. The standard InChI is InChI=1S/C24H13Br2Cl2NO2S4/c25-21-13(27)8-17(34-21)15-6-11-19(32-15)20-12(7-16(33-20)18-9-14(28)22(26)35-18)24(31)29(23(11)30)10-4-2-1-3-5-10/h1-9,15-16,19-20H. The highest BCUT2D eigenvalue weighted by molar-refractivity contribution is 9.11. The van der Waals surface area contributed by atoms with Crippen molar-refractivity contribution in [2.45, 2.75) is 21.0 Å². The van der Waals surface area contributed by atoms with Crippen molar-refractivity contribution < 1.29 is 9.59 Å². The normalized spacial score (nSPS) is 25.9. The second-order valence-electron chi connectivity index (χ2n) is 8.02. The molecule has 0 aliphatic carbocycles. The van der Waals surface area contributed by atoms with Crippen LogP contribution in [0.4, 0.5) is 5.69 Å². The number of benzene rings is 1. The molecular weight excluding hydrogens is 693 g/mol. The quantitative estimate of drug-likeness (QED) is 0.255. The van der Waals surface area contributed by atoms with Crippen LogP contribution in [0.5, 0.6) is 0 Å². The third-order valence-corrected chi connectivity index (χ3v) is 14.5. The summed E-state index contributed by atoms with van der Waals surface area (Å²) in [4.78, 5) is 31.2. The van der Waals surface area contributed by atoms with E-state index in [2.05, 4.69) is 31.9 Å². The number of carbonyl (C=O) groups excluding carboxylic acids is 2. The SMILES string of the molecule is O=C1C2=CC(c3cc(Cl)c(Br)s3)SC2C2SC(c3cc(Cl)c(Br)s3)C=C2C(=O)N1c1ccccc1. The maximum atomic E-state index is 13.9. The van der Waals surface area contributed by atoms with Crippen LogP contribution in [0, 0.1) is 0 Å². The maximum absolute atomic E-state index is 13.9. The van der Waals surface area contributed by atoms with Gasteiger partial charge in [0, 0.05) is 20.9 Å². The second kappa shape index (κ2) is 9.66. The van der Waals surface area contributed by atoms with Crippen molar-refractivity contribution in [2.24, 2.45) is 0 Å². The van der Waals surface area contributed by atoms with Crippen molar-refractivity contribution >= 4 is 119 Å². The van der Waals surface area contributed by atoms with Crippen LogP contribution in [0.25, 0.3) is 0 Å². The fraction of sp³-hybridized carbons (Fsp3) is 0.167. The number of rotatable bonds is 3. The molecule has 0 spiro atoms. The van der Waals surface area contributed by atoms with Gasteiger partial charge in [-0.1, -0.05) is 53.6 Å². The van der Waals surface area contributed by atoms with Crippen LogP contribution < -0.4 is 4.90 Å². The van der Waals surface area contributed by atoms with Crippen LogP contribution in [-0.2, 0) is 9.59 Å². The van der Waals surface area contributed by atoms with Gasteiger partial charge in [-0.25, -0.2) is 4.90 Å². The lowest BCUT2D eigenvalue weighted by Crippen LogP contribution is -2.37. The third kappa shape index (κ3) is 4.34. The first kappa shape index (κ1) is 24.8. The van der Waals surface area contributed by atoms with Crippen LogP contribution >= 0.6 is 101 Å². The molecule has 5 heterocycles. The summed E-state index contributed by atoms with van der Waals surface area (Å²) in [5.41, 5.74) is 1.92. The highest BCUT2D eigenvalue weighted by Gasteiger charge is 2.50. The van der Waals surface area contributed by atoms with Gasteiger partial charge in [0.1, 0.15) is 0 Å². The van der Waals surface area contributed by atoms with Crippen molar-refractivity contribution in [3.63, 3.8) is 0 Å². The molecule has 2 amide bonds. The first-order valence-electron chi connectivity index (χ1n) is 10.4. The molecule has 3 aromatic rings. The molecule has 35 heavy (non-hydrogen) atoms. The Hall–Kier alpha value is -0.520. The Kier molecular flexibility index (Phi) is 6.84. The van der Waals surface area contributed by atoms with Gasteiger partial charge in [0.15, 0.2) is 0 Å². The predicted octanol–water partition coefficient (Wildman–Crippen LogP) is 9.08. The van der Waals surface area contributed by atoms with Crippen LogP contribution in [0.1, 0.15) is 20.3 Å². The van der Waals surface area contributed by atoms with Gasteiger partial charge >= 0.3 is 0 Å². The maximum Gasteiger partial charge on any atom is 0.262 e. The van der Waals surface area contributed by atoms with Crippen molar-refractivity contribution in [1.29, 1.82) is 0 Å². The molecule has 1 saturated heterocycles. The Balaban J connectivity index is 1.45. The molecule has 0 bridgehead atoms. The molecule has 2 aromatic heterocycles. The topological polar surface area (TPSA) is 37.4 Å². The number of imide groups is 1. The van der Waals surface area contributed by atoms with E-state index in [1.165, 1.54) is 4.90 Å². The van der Waals surface area contributed by atoms with Crippen LogP contribution in [-0.4, -0.2) is 22.3 Å². The van der Waals surface area contributed by atoms with E-state index in [0.29, 0.717) is 26.9 Å². The number of carbonyl (C=O) groups is 2. The molecule has 1 aromatic carbocycles. The molecule has 0 saturated carbocycles. The monoisotopic (exact) mass is 703 g/mol. The average Bonchev–Trinajstić information content (AvgIpc) is 3.60. The molecule has 4 unspecified atom stereocenters. The molecule has 3 aliphatic heterocycles. The first-order valence-corrected chi connectivity index (χ1v) is 16.3. The Morgan fingerprint density at radius 1 is 0.743 bits per heavy atom. The highest BCUT2D eigenvalue weighted by atomic mass is 79.9. The van der Waals surface area contributed by atoms with E-state index >= 15 is 0 Å². The third-order valence-electron chi connectivity index (χ3n) is 5.94. The summed E-state index contributed by atoms with van der Waals surface area (Å²) in [6.07, 6.45) is 4.04. The number of halogens is 4. The zero-order chi connectivity index (χ0) is 24.4. The van der Waals surface area contributed by atoms with E-state index in [4.69, 9.17) is 23.2 Å². The van der Waals surface area contributed by atoms with E-state index < -0.39 is 0 Å². The number of para-hydroxylation sites is 1. The number of anilines is 1. The molecule has 1 fully saturated rings. The number of thiophene rings is 2. The summed E-state index contributed by atoms with van der Waals surface area (Å²) in [5.74, 6) is -0.505. The van der Waals surface area contributed by atoms with Gasteiger partial charge in [0.05, 0.1) is 44.3 Å². The number of fused-ring (bicyclic) bond motifs is 3. The lowest BCUT2D eigenvalue weighted by atomic mass is 10.0. The smallest absolute Gasteiger partial charge is 0.262 e.